The number of nitro groups is 1. The van der Waals surface area contributed by atoms with E-state index in [2.05, 4.69) is 5.32 Å². The molecule has 0 saturated carbocycles. The summed E-state index contributed by atoms with van der Waals surface area (Å²) in [6, 6.07) is 3.79. The summed E-state index contributed by atoms with van der Waals surface area (Å²) in [5.74, 6) is -0.846. The second-order valence-corrected chi connectivity index (χ2v) is 4.47. The smallest absolute Gasteiger partial charge is 0.304 e. The topological polar surface area (TPSA) is 75.4 Å². The predicted molar refractivity (Wildman–Crippen MR) is 65.7 cm³/mol. The molecule has 0 heterocycles. The fourth-order valence-corrected chi connectivity index (χ4v) is 1.42. The van der Waals surface area contributed by atoms with E-state index in [0.29, 0.717) is 12.1 Å². The SMILES string of the molecule is CCC(C)(CO)NCc1ccc([N+](=O)[O-])c(F)c1. The van der Waals surface area contributed by atoms with Crippen molar-refractivity contribution in [2.45, 2.75) is 32.4 Å². The molecule has 5 nitrogen and oxygen atoms in total. The fourth-order valence-electron chi connectivity index (χ4n) is 1.42. The van der Waals surface area contributed by atoms with Crippen molar-refractivity contribution in [1.82, 2.24) is 5.32 Å². The number of benzene rings is 1. The molecule has 0 aliphatic heterocycles. The monoisotopic (exact) mass is 256 g/mol. The summed E-state index contributed by atoms with van der Waals surface area (Å²) in [5.41, 5.74) is -0.358. The van der Waals surface area contributed by atoms with Gasteiger partial charge in [0, 0.05) is 18.2 Å². The van der Waals surface area contributed by atoms with Crippen LogP contribution in [0.25, 0.3) is 0 Å². The molecule has 0 radical (unpaired) electrons. The Morgan fingerprint density at radius 3 is 2.67 bits per heavy atom. The second-order valence-electron chi connectivity index (χ2n) is 4.47. The van der Waals surface area contributed by atoms with Gasteiger partial charge in [0.15, 0.2) is 0 Å². The van der Waals surface area contributed by atoms with Crippen LogP contribution in [0, 0.1) is 15.9 Å². The van der Waals surface area contributed by atoms with Gasteiger partial charge >= 0.3 is 5.69 Å². The van der Waals surface area contributed by atoms with E-state index < -0.39 is 22.0 Å². The predicted octanol–water partition coefficient (Wildman–Crippen LogP) is 1.98. The van der Waals surface area contributed by atoms with Crippen LogP contribution < -0.4 is 5.32 Å². The molecule has 0 fully saturated rings. The molecule has 0 saturated heterocycles. The Hall–Kier alpha value is -1.53. The third-order valence-corrected chi connectivity index (χ3v) is 3.06. The summed E-state index contributed by atoms with van der Waals surface area (Å²) in [4.78, 5) is 9.71. The van der Waals surface area contributed by atoms with Crippen LogP contribution in [-0.4, -0.2) is 22.2 Å². The third kappa shape index (κ3) is 3.48. The minimum atomic E-state index is -0.846. The molecule has 100 valence electrons. The number of hydrogen-bond acceptors (Lipinski definition) is 4. The van der Waals surface area contributed by atoms with Gasteiger partial charge in [0.2, 0.25) is 5.82 Å². The molecule has 0 amide bonds. The first-order chi connectivity index (χ1) is 8.41. The first-order valence-corrected chi connectivity index (χ1v) is 5.70. The number of nitro benzene ring substituents is 1. The molecule has 1 aromatic rings. The van der Waals surface area contributed by atoms with Crippen molar-refractivity contribution in [3.05, 3.63) is 39.7 Å². The summed E-state index contributed by atoms with van der Waals surface area (Å²) in [7, 11) is 0. The van der Waals surface area contributed by atoms with Crippen molar-refractivity contribution in [3.8, 4) is 0 Å². The Bertz CT molecular complexity index is 433. The Morgan fingerprint density at radius 2 is 2.22 bits per heavy atom. The number of aliphatic hydroxyl groups is 1. The normalized spacial score (nSPS) is 14.2. The number of aliphatic hydroxyl groups excluding tert-OH is 1. The molecular formula is C12H17FN2O3. The second kappa shape index (κ2) is 5.88. The molecular weight excluding hydrogens is 239 g/mol. The Kier molecular flexibility index (Phi) is 4.75. The van der Waals surface area contributed by atoms with Crippen LogP contribution in [0.5, 0.6) is 0 Å². The fraction of sp³-hybridized carbons (Fsp3) is 0.500. The largest absolute Gasteiger partial charge is 0.394 e. The van der Waals surface area contributed by atoms with Crippen molar-refractivity contribution >= 4 is 5.69 Å². The summed E-state index contributed by atoms with van der Waals surface area (Å²) >= 11 is 0. The summed E-state index contributed by atoms with van der Waals surface area (Å²) in [5, 5.41) is 22.8. The van der Waals surface area contributed by atoms with Gasteiger partial charge in [0.1, 0.15) is 0 Å². The van der Waals surface area contributed by atoms with Gasteiger partial charge in [-0.25, -0.2) is 0 Å². The van der Waals surface area contributed by atoms with E-state index in [9.17, 15) is 19.6 Å². The molecule has 0 aromatic heterocycles. The van der Waals surface area contributed by atoms with E-state index in [1.54, 1.807) is 0 Å². The number of nitrogens with one attached hydrogen (secondary N) is 1. The van der Waals surface area contributed by atoms with Gasteiger partial charge in [-0.15, -0.1) is 0 Å². The molecule has 6 heteroatoms. The van der Waals surface area contributed by atoms with Crippen LogP contribution >= 0.6 is 0 Å². The molecule has 2 N–H and O–H groups in total. The number of hydrogen-bond donors (Lipinski definition) is 2. The van der Waals surface area contributed by atoms with Crippen LogP contribution in [0.15, 0.2) is 18.2 Å². The third-order valence-electron chi connectivity index (χ3n) is 3.06. The van der Waals surface area contributed by atoms with E-state index >= 15 is 0 Å². The lowest BCUT2D eigenvalue weighted by molar-refractivity contribution is -0.387. The maximum Gasteiger partial charge on any atom is 0.304 e. The number of halogens is 1. The molecule has 1 atom stereocenters. The molecule has 1 rings (SSSR count). The Labute approximate surface area is 105 Å². The summed E-state index contributed by atoms with van der Waals surface area (Å²) < 4.78 is 13.4. The molecule has 18 heavy (non-hydrogen) atoms. The van der Waals surface area contributed by atoms with Gasteiger partial charge < -0.3 is 10.4 Å². The van der Waals surface area contributed by atoms with E-state index in [0.717, 1.165) is 18.6 Å². The first kappa shape index (κ1) is 14.5. The van der Waals surface area contributed by atoms with Gasteiger partial charge in [-0.3, -0.25) is 10.1 Å². The molecule has 0 bridgehead atoms. The van der Waals surface area contributed by atoms with E-state index in [-0.39, 0.29) is 6.61 Å². The lowest BCUT2D eigenvalue weighted by atomic mass is 10.00. The van der Waals surface area contributed by atoms with Crippen LogP contribution in [0.4, 0.5) is 10.1 Å². The lowest BCUT2D eigenvalue weighted by Crippen LogP contribution is -2.44. The maximum absolute atomic E-state index is 13.4. The first-order valence-electron chi connectivity index (χ1n) is 5.70. The van der Waals surface area contributed by atoms with Crippen molar-refractivity contribution in [1.29, 1.82) is 0 Å². The highest BCUT2D eigenvalue weighted by Gasteiger charge is 2.20. The lowest BCUT2D eigenvalue weighted by Gasteiger charge is -2.27. The maximum atomic E-state index is 13.4. The number of rotatable bonds is 6. The zero-order chi connectivity index (χ0) is 13.8. The van der Waals surface area contributed by atoms with E-state index in [1.165, 1.54) is 6.07 Å². The molecule has 0 aliphatic rings. The highest BCUT2D eigenvalue weighted by molar-refractivity contribution is 5.35. The Morgan fingerprint density at radius 1 is 1.56 bits per heavy atom. The zero-order valence-electron chi connectivity index (χ0n) is 10.4. The average Bonchev–Trinajstić information content (AvgIpc) is 2.35. The van der Waals surface area contributed by atoms with Crippen molar-refractivity contribution < 1.29 is 14.4 Å². The standard InChI is InChI=1S/C12H17FN2O3/c1-3-12(2,8-16)14-7-9-4-5-11(15(17)18)10(13)6-9/h4-6,14,16H,3,7-8H2,1-2H3. The van der Waals surface area contributed by atoms with Crippen LogP contribution in [0.1, 0.15) is 25.8 Å². The van der Waals surface area contributed by atoms with Gasteiger partial charge in [-0.2, -0.15) is 4.39 Å². The summed E-state index contributed by atoms with van der Waals surface area (Å²) in [6.07, 6.45) is 0.721. The highest BCUT2D eigenvalue weighted by Crippen LogP contribution is 2.18. The highest BCUT2D eigenvalue weighted by atomic mass is 19.1. The molecule has 1 unspecified atom stereocenters. The molecule has 0 aliphatic carbocycles. The van der Waals surface area contributed by atoms with Crippen molar-refractivity contribution in [2.24, 2.45) is 0 Å². The van der Waals surface area contributed by atoms with Gasteiger partial charge in [0.25, 0.3) is 0 Å². The Balaban J connectivity index is 2.75. The van der Waals surface area contributed by atoms with Crippen LogP contribution in [0.3, 0.4) is 0 Å². The average molecular weight is 256 g/mol. The molecule has 0 spiro atoms. The van der Waals surface area contributed by atoms with Gasteiger partial charge in [-0.05, 0) is 25.0 Å². The number of nitrogens with zero attached hydrogens (tertiary/aromatic N) is 1. The minimum Gasteiger partial charge on any atom is -0.394 e. The minimum absolute atomic E-state index is 0.0288. The van der Waals surface area contributed by atoms with Crippen LogP contribution in [0.2, 0.25) is 0 Å². The summed E-state index contributed by atoms with van der Waals surface area (Å²) in [6.45, 7) is 4.10. The van der Waals surface area contributed by atoms with E-state index in [4.69, 9.17) is 0 Å². The zero-order valence-corrected chi connectivity index (χ0v) is 10.4. The van der Waals surface area contributed by atoms with E-state index in [1.807, 2.05) is 13.8 Å². The van der Waals surface area contributed by atoms with Gasteiger partial charge in [0.05, 0.1) is 11.5 Å². The van der Waals surface area contributed by atoms with Crippen molar-refractivity contribution in [3.63, 3.8) is 0 Å². The van der Waals surface area contributed by atoms with Crippen LogP contribution in [-0.2, 0) is 6.54 Å². The van der Waals surface area contributed by atoms with Gasteiger partial charge in [-0.1, -0.05) is 13.0 Å². The molecule has 1 aromatic carbocycles. The quantitative estimate of drug-likeness (QED) is 0.603. The van der Waals surface area contributed by atoms with Crippen molar-refractivity contribution in [2.75, 3.05) is 6.61 Å².